The molecule has 6 heteroatoms. The quantitative estimate of drug-likeness (QED) is 0.848. The van der Waals surface area contributed by atoms with Crippen molar-refractivity contribution in [1.29, 1.82) is 0 Å². The average molecular weight is 309 g/mol. The summed E-state index contributed by atoms with van der Waals surface area (Å²) in [4.78, 5) is 1.21. The molecule has 0 unspecified atom stereocenters. The van der Waals surface area contributed by atoms with Crippen molar-refractivity contribution in [2.24, 2.45) is 0 Å². The molecule has 0 saturated carbocycles. The lowest BCUT2D eigenvalue weighted by Gasteiger charge is -2.19. The Kier molecular flexibility index (Phi) is 5.01. The molecular weight excluding hydrogens is 290 g/mol. The molecular formula is C14H19N3OS2. The molecule has 4 nitrogen and oxygen atoms in total. The lowest BCUT2D eigenvalue weighted by Crippen LogP contribution is -2.35. The fourth-order valence-corrected chi connectivity index (χ4v) is 2.49. The van der Waals surface area contributed by atoms with Crippen molar-refractivity contribution in [2.45, 2.75) is 37.8 Å². The smallest absolute Gasteiger partial charge is 0.299 e. The maximum absolute atomic E-state index is 5.70. The maximum Gasteiger partial charge on any atom is 0.299 e. The molecule has 0 spiro atoms. The van der Waals surface area contributed by atoms with Gasteiger partial charge in [-0.15, -0.1) is 16.9 Å². The standard InChI is InChI=1S/C14H19N3OS2/c1-14(2,3)15-9-12-16-17-13(20-12)18-10-5-7-11(19-4)8-6-10/h5-8,15H,9H2,1-4H3. The van der Waals surface area contributed by atoms with Crippen LogP contribution in [0.2, 0.25) is 0 Å². The van der Waals surface area contributed by atoms with Gasteiger partial charge in [0.2, 0.25) is 0 Å². The summed E-state index contributed by atoms with van der Waals surface area (Å²) in [6, 6.07) is 7.95. The summed E-state index contributed by atoms with van der Waals surface area (Å²) in [5.74, 6) is 0.786. The van der Waals surface area contributed by atoms with E-state index in [1.807, 2.05) is 24.3 Å². The van der Waals surface area contributed by atoms with Crippen molar-refractivity contribution >= 4 is 23.1 Å². The highest BCUT2D eigenvalue weighted by molar-refractivity contribution is 7.98. The summed E-state index contributed by atoms with van der Waals surface area (Å²) in [7, 11) is 0. The number of nitrogens with one attached hydrogen (secondary N) is 1. The fraction of sp³-hybridized carbons (Fsp3) is 0.429. The van der Waals surface area contributed by atoms with E-state index >= 15 is 0 Å². The number of rotatable bonds is 5. The van der Waals surface area contributed by atoms with E-state index in [0.29, 0.717) is 11.7 Å². The van der Waals surface area contributed by atoms with E-state index in [1.165, 1.54) is 16.2 Å². The third-order valence-electron chi connectivity index (χ3n) is 2.48. The minimum atomic E-state index is 0.0698. The first-order chi connectivity index (χ1) is 9.46. The summed E-state index contributed by atoms with van der Waals surface area (Å²) in [5.41, 5.74) is 0.0698. The predicted octanol–water partition coefficient (Wildman–Crippen LogP) is 3.94. The summed E-state index contributed by atoms with van der Waals surface area (Å²) in [6.07, 6.45) is 2.05. The number of benzene rings is 1. The highest BCUT2D eigenvalue weighted by Crippen LogP contribution is 2.26. The Hall–Kier alpha value is -1.11. The molecule has 0 bridgehead atoms. The molecule has 0 aliphatic heterocycles. The van der Waals surface area contributed by atoms with E-state index in [2.05, 4.69) is 42.5 Å². The summed E-state index contributed by atoms with van der Waals surface area (Å²) in [6.45, 7) is 7.08. The third-order valence-corrected chi connectivity index (χ3v) is 4.03. The normalized spacial score (nSPS) is 11.6. The molecule has 1 aromatic heterocycles. The second-order valence-corrected chi connectivity index (χ2v) is 7.25. The van der Waals surface area contributed by atoms with Gasteiger partial charge in [-0.05, 0) is 51.3 Å². The highest BCUT2D eigenvalue weighted by atomic mass is 32.2. The zero-order valence-electron chi connectivity index (χ0n) is 12.1. The molecule has 0 aliphatic rings. The molecule has 1 aromatic carbocycles. The third kappa shape index (κ3) is 4.77. The van der Waals surface area contributed by atoms with Crippen LogP contribution in [0.3, 0.4) is 0 Å². The average Bonchev–Trinajstić information content (AvgIpc) is 2.84. The number of hydrogen-bond donors (Lipinski definition) is 1. The minimum Gasteiger partial charge on any atom is -0.430 e. The molecule has 20 heavy (non-hydrogen) atoms. The first kappa shape index (κ1) is 15.3. The Bertz CT molecular complexity index is 546. The van der Waals surface area contributed by atoms with Crippen molar-refractivity contribution in [3.63, 3.8) is 0 Å². The molecule has 0 aliphatic carbocycles. The van der Waals surface area contributed by atoms with Crippen LogP contribution in [0.1, 0.15) is 25.8 Å². The van der Waals surface area contributed by atoms with Crippen LogP contribution >= 0.6 is 23.1 Å². The first-order valence-corrected chi connectivity index (χ1v) is 8.40. The molecule has 0 fully saturated rings. The maximum atomic E-state index is 5.70. The lowest BCUT2D eigenvalue weighted by molar-refractivity contribution is 0.423. The fourth-order valence-electron chi connectivity index (χ4n) is 1.44. The van der Waals surface area contributed by atoms with Crippen molar-refractivity contribution in [3.05, 3.63) is 29.3 Å². The van der Waals surface area contributed by atoms with Crippen LogP contribution in [0.4, 0.5) is 0 Å². The molecule has 1 N–H and O–H groups in total. The van der Waals surface area contributed by atoms with Gasteiger partial charge in [-0.2, -0.15) is 0 Å². The number of nitrogens with zero attached hydrogens (tertiary/aromatic N) is 2. The van der Waals surface area contributed by atoms with Gasteiger partial charge in [0.05, 0.1) is 6.54 Å². The summed E-state index contributed by atoms with van der Waals surface area (Å²) < 4.78 is 5.70. The summed E-state index contributed by atoms with van der Waals surface area (Å²) in [5, 5.41) is 13.1. The molecule has 2 rings (SSSR count). The van der Waals surface area contributed by atoms with Crippen LogP contribution in [0.25, 0.3) is 0 Å². The van der Waals surface area contributed by atoms with E-state index < -0.39 is 0 Å². The van der Waals surface area contributed by atoms with Crippen LogP contribution in [-0.2, 0) is 6.54 Å². The first-order valence-electron chi connectivity index (χ1n) is 6.35. The van der Waals surface area contributed by atoms with Gasteiger partial charge in [0, 0.05) is 10.4 Å². The molecule has 0 amide bonds. The monoisotopic (exact) mass is 309 g/mol. The van der Waals surface area contributed by atoms with Gasteiger partial charge in [0.25, 0.3) is 5.19 Å². The van der Waals surface area contributed by atoms with E-state index in [0.717, 1.165) is 10.8 Å². The Morgan fingerprint density at radius 3 is 2.50 bits per heavy atom. The van der Waals surface area contributed by atoms with Gasteiger partial charge in [-0.3, -0.25) is 0 Å². The molecule has 0 atom stereocenters. The van der Waals surface area contributed by atoms with E-state index in [-0.39, 0.29) is 5.54 Å². The zero-order valence-corrected chi connectivity index (χ0v) is 13.8. The van der Waals surface area contributed by atoms with E-state index in [9.17, 15) is 0 Å². The van der Waals surface area contributed by atoms with Gasteiger partial charge in [-0.1, -0.05) is 16.4 Å². The molecule has 1 heterocycles. The highest BCUT2D eigenvalue weighted by Gasteiger charge is 2.11. The van der Waals surface area contributed by atoms with Gasteiger partial charge < -0.3 is 10.1 Å². The lowest BCUT2D eigenvalue weighted by atomic mass is 10.1. The Labute approximate surface area is 128 Å². The second-order valence-electron chi connectivity index (χ2n) is 5.34. The van der Waals surface area contributed by atoms with E-state index in [1.54, 1.807) is 11.8 Å². The van der Waals surface area contributed by atoms with Crippen molar-refractivity contribution in [2.75, 3.05) is 6.26 Å². The topological polar surface area (TPSA) is 47.0 Å². The molecule has 0 radical (unpaired) electrons. The summed E-state index contributed by atoms with van der Waals surface area (Å²) >= 11 is 3.17. The van der Waals surface area contributed by atoms with Gasteiger partial charge in [0.15, 0.2) is 0 Å². The predicted molar refractivity (Wildman–Crippen MR) is 84.8 cm³/mol. The van der Waals surface area contributed by atoms with Crippen molar-refractivity contribution < 1.29 is 4.74 Å². The Morgan fingerprint density at radius 2 is 1.90 bits per heavy atom. The van der Waals surface area contributed by atoms with Crippen LogP contribution in [0, 0.1) is 0 Å². The minimum absolute atomic E-state index is 0.0698. The molecule has 2 aromatic rings. The number of hydrogen-bond acceptors (Lipinski definition) is 6. The Morgan fingerprint density at radius 1 is 1.20 bits per heavy atom. The van der Waals surface area contributed by atoms with Crippen molar-refractivity contribution in [3.8, 4) is 10.9 Å². The van der Waals surface area contributed by atoms with Crippen molar-refractivity contribution in [1.82, 2.24) is 15.5 Å². The zero-order chi connectivity index (χ0) is 14.6. The van der Waals surface area contributed by atoms with Crippen LogP contribution < -0.4 is 10.1 Å². The number of ether oxygens (including phenoxy) is 1. The van der Waals surface area contributed by atoms with E-state index in [4.69, 9.17) is 4.74 Å². The van der Waals surface area contributed by atoms with Crippen LogP contribution in [0.15, 0.2) is 29.2 Å². The molecule has 108 valence electrons. The second kappa shape index (κ2) is 6.56. The largest absolute Gasteiger partial charge is 0.430 e. The number of aromatic nitrogens is 2. The SMILES string of the molecule is CSc1ccc(Oc2nnc(CNC(C)(C)C)s2)cc1. The Balaban J connectivity index is 1.94. The number of thioether (sulfide) groups is 1. The van der Waals surface area contributed by atoms with Gasteiger partial charge in [0.1, 0.15) is 10.8 Å². The molecule has 0 saturated heterocycles. The van der Waals surface area contributed by atoms with Crippen LogP contribution in [0.5, 0.6) is 10.9 Å². The van der Waals surface area contributed by atoms with Gasteiger partial charge in [-0.25, -0.2) is 0 Å². The van der Waals surface area contributed by atoms with Crippen LogP contribution in [-0.4, -0.2) is 22.0 Å². The van der Waals surface area contributed by atoms with Gasteiger partial charge >= 0.3 is 0 Å².